The van der Waals surface area contributed by atoms with Crippen LogP contribution in [0.4, 0.5) is 11.4 Å². The SMILES string of the molecule is O=C(CSc1nc2ccccc2[nH]1)N/N=C(/N=Nc1cccc([N+](=O)[O-])c1)c1cccnc1. The van der Waals surface area contributed by atoms with Crippen LogP contribution in [0.15, 0.2) is 93.5 Å². The number of nitrogens with one attached hydrogen (secondary N) is 2. The highest BCUT2D eigenvalue weighted by Gasteiger charge is 2.09. The second-order valence-corrected chi connectivity index (χ2v) is 7.50. The predicted octanol–water partition coefficient (Wildman–Crippen LogP) is 4.22. The Hall–Kier alpha value is -4.45. The summed E-state index contributed by atoms with van der Waals surface area (Å²) < 4.78 is 0. The van der Waals surface area contributed by atoms with Crippen LogP contribution in [0, 0.1) is 10.1 Å². The summed E-state index contributed by atoms with van der Waals surface area (Å²) in [4.78, 5) is 34.3. The number of carbonyl (C=O) groups is 1. The largest absolute Gasteiger partial charge is 0.333 e. The number of carbonyl (C=O) groups excluding carboxylic acids is 1. The van der Waals surface area contributed by atoms with Crippen molar-refractivity contribution in [3.63, 3.8) is 0 Å². The van der Waals surface area contributed by atoms with E-state index in [0.717, 1.165) is 11.0 Å². The first-order valence-electron chi connectivity index (χ1n) is 9.59. The molecule has 2 aromatic carbocycles. The number of pyridine rings is 1. The van der Waals surface area contributed by atoms with Gasteiger partial charge in [-0.25, -0.2) is 10.4 Å². The number of H-pyrrole nitrogens is 1. The van der Waals surface area contributed by atoms with Gasteiger partial charge in [-0.3, -0.25) is 19.9 Å². The van der Waals surface area contributed by atoms with Gasteiger partial charge in [0, 0.05) is 30.1 Å². The summed E-state index contributed by atoms with van der Waals surface area (Å²) in [5, 5.41) is 23.7. The fourth-order valence-corrected chi connectivity index (χ4v) is 3.37. The third kappa shape index (κ3) is 5.83. The summed E-state index contributed by atoms with van der Waals surface area (Å²) in [7, 11) is 0. The topological polar surface area (TPSA) is 151 Å². The molecular formula is C21H16N8O3S. The van der Waals surface area contributed by atoms with E-state index in [0.29, 0.717) is 10.7 Å². The molecule has 0 saturated heterocycles. The van der Waals surface area contributed by atoms with E-state index in [1.807, 2.05) is 24.3 Å². The Labute approximate surface area is 191 Å². The number of nitro benzene ring substituents is 1. The summed E-state index contributed by atoms with van der Waals surface area (Å²) in [6.07, 6.45) is 3.10. The summed E-state index contributed by atoms with van der Waals surface area (Å²) in [6, 6.07) is 16.7. The highest BCUT2D eigenvalue weighted by atomic mass is 32.2. The number of nitro groups is 1. The average molecular weight is 460 g/mol. The van der Waals surface area contributed by atoms with Gasteiger partial charge in [-0.1, -0.05) is 30.0 Å². The molecule has 2 aromatic heterocycles. The van der Waals surface area contributed by atoms with Crippen molar-refractivity contribution in [2.24, 2.45) is 15.3 Å². The van der Waals surface area contributed by atoms with Crippen LogP contribution in [0.5, 0.6) is 0 Å². The number of para-hydroxylation sites is 2. The smallest absolute Gasteiger partial charge is 0.271 e. The van der Waals surface area contributed by atoms with Crippen molar-refractivity contribution in [3.05, 3.63) is 88.7 Å². The number of nitrogens with zero attached hydrogens (tertiary/aromatic N) is 6. The van der Waals surface area contributed by atoms with Gasteiger partial charge in [0.1, 0.15) is 0 Å². The second-order valence-electron chi connectivity index (χ2n) is 6.54. The van der Waals surface area contributed by atoms with E-state index in [2.05, 4.69) is 35.7 Å². The third-order valence-electron chi connectivity index (χ3n) is 4.21. The summed E-state index contributed by atoms with van der Waals surface area (Å²) in [5.74, 6) is -0.199. The number of aromatic amines is 1. The lowest BCUT2D eigenvalue weighted by molar-refractivity contribution is -0.384. The van der Waals surface area contributed by atoms with Gasteiger partial charge < -0.3 is 4.98 Å². The van der Waals surface area contributed by atoms with Crippen molar-refractivity contribution in [2.45, 2.75) is 5.16 Å². The van der Waals surface area contributed by atoms with Crippen LogP contribution in [-0.4, -0.2) is 37.4 Å². The maximum Gasteiger partial charge on any atom is 0.271 e. The summed E-state index contributed by atoms with van der Waals surface area (Å²) in [5.41, 5.74) is 4.83. The molecule has 0 saturated carbocycles. The summed E-state index contributed by atoms with van der Waals surface area (Å²) in [6.45, 7) is 0. The molecule has 2 N–H and O–H groups in total. The van der Waals surface area contributed by atoms with E-state index in [9.17, 15) is 14.9 Å². The number of thioether (sulfide) groups is 1. The van der Waals surface area contributed by atoms with Crippen LogP contribution in [0.2, 0.25) is 0 Å². The first kappa shape index (κ1) is 21.8. The lowest BCUT2D eigenvalue weighted by Gasteiger charge is -2.02. The molecule has 0 aliphatic carbocycles. The molecule has 2 heterocycles. The molecule has 0 aliphatic rings. The zero-order valence-corrected chi connectivity index (χ0v) is 17.8. The highest BCUT2D eigenvalue weighted by molar-refractivity contribution is 7.99. The molecule has 12 heteroatoms. The molecule has 33 heavy (non-hydrogen) atoms. The number of fused-ring (bicyclic) bond motifs is 1. The minimum Gasteiger partial charge on any atom is -0.333 e. The second kappa shape index (κ2) is 10.2. The number of hydrazone groups is 1. The minimum atomic E-state index is -0.519. The van der Waals surface area contributed by atoms with Gasteiger partial charge in [-0.05, 0) is 30.3 Å². The number of imidazole rings is 1. The Morgan fingerprint density at radius 2 is 2.03 bits per heavy atom. The van der Waals surface area contributed by atoms with Crippen molar-refractivity contribution in [2.75, 3.05) is 5.75 Å². The Kier molecular flexibility index (Phi) is 6.75. The molecule has 0 aliphatic heterocycles. The third-order valence-corrected chi connectivity index (χ3v) is 5.09. The van der Waals surface area contributed by atoms with Crippen molar-refractivity contribution >= 4 is 45.9 Å². The van der Waals surface area contributed by atoms with Gasteiger partial charge in [0.25, 0.3) is 11.6 Å². The molecule has 0 radical (unpaired) electrons. The van der Waals surface area contributed by atoms with Gasteiger partial charge in [-0.2, -0.15) is 5.10 Å². The molecule has 0 unspecified atom stereocenters. The maximum atomic E-state index is 12.3. The van der Waals surface area contributed by atoms with E-state index < -0.39 is 4.92 Å². The predicted molar refractivity (Wildman–Crippen MR) is 123 cm³/mol. The minimum absolute atomic E-state index is 0.0751. The van der Waals surface area contributed by atoms with Gasteiger partial charge >= 0.3 is 0 Å². The molecule has 164 valence electrons. The molecule has 1 amide bonds. The molecule has 4 rings (SSSR count). The van der Waals surface area contributed by atoms with Crippen LogP contribution < -0.4 is 5.43 Å². The van der Waals surface area contributed by atoms with Crippen LogP contribution in [0.3, 0.4) is 0 Å². The highest BCUT2D eigenvalue weighted by Crippen LogP contribution is 2.21. The molecule has 0 bridgehead atoms. The number of rotatable bonds is 7. The van der Waals surface area contributed by atoms with Crippen LogP contribution in [-0.2, 0) is 4.79 Å². The Balaban J connectivity index is 1.46. The number of azo groups is 1. The average Bonchev–Trinajstić information content (AvgIpc) is 3.26. The van der Waals surface area contributed by atoms with E-state index in [-0.39, 0.29) is 28.9 Å². The molecule has 0 atom stereocenters. The number of aromatic nitrogens is 3. The Morgan fingerprint density at radius 1 is 1.15 bits per heavy atom. The molecule has 4 aromatic rings. The van der Waals surface area contributed by atoms with Crippen molar-refractivity contribution < 1.29 is 9.72 Å². The normalized spacial score (nSPS) is 11.7. The molecule has 0 spiro atoms. The zero-order valence-electron chi connectivity index (χ0n) is 17.0. The first-order valence-corrected chi connectivity index (χ1v) is 10.6. The van der Waals surface area contributed by atoms with Crippen LogP contribution in [0.1, 0.15) is 5.56 Å². The quantitative estimate of drug-likeness (QED) is 0.105. The van der Waals surface area contributed by atoms with Gasteiger partial charge in [-0.15, -0.1) is 10.2 Å². The van der Waals surface area contributed by atoms with Crippen LogP contribution in [0.25, 0.3) is 11.0 Å². The Morgan fingerprint density at radius 3 is 2.82 bits per heavy atom. The van der Waals surface area contributed by atoms with E-state index >= 15 is 0 Å². The number of non-ortho nitro benzene ring substituents is 1. The first-order chi connectivity index (χ1) is 16.1. The van der Waals surface area contributed by atoms with Crippen LogP contribution >= 0.6 is 11.8 Å². The van der Waals surface area contributed by atoms with Crippen molar-refractivity contribution in [1.82, 2.24) is 20.4 Å². The molecule has 0 fully saturated rings. The number of hydrogen-bond donors (Lipinski definition) is 2. The fraction of sp³-hybridized carbons (Fsp3) is 0.0476. The number of benzene rings is 2. The van der Waals surface area contributed by atoms with E-state index in [1.165, 1.54) is 36.2 Å². The lowest BCUT2D eigenvalue weighted by Crippen LogP contribution is -2.21. The number of amides is 1. The maximum absolute atomic E-state index is 12.3. The zero-order chi connectivity index (χ0) is 23.0. The van der Waals surface area contributed by atoms with Crippen molar-refractivity contribution in [3.8, 4) is 0 Å². The molecule has 11 nitrogen and oxygen atoms in total. The molecular weight excluding hydrogens is 444 g/mol. The van der Waals surface area contributed by atoms with Crippen molar-refractivity contribution in [1.29, 1.82) is 0 Å². The lowest BCUT2D eigenvalue weighted by atomic mass is 10.3. The van der Waals surface area contributed by atoms with E-state index in [1.54, 1.807) is 24.4 Å². The fourth-order valence-electron chi connectivity index (χ4n) is 2.69. The van der Waals surface area contributed by atoms with Gasteiger partial charge in [0.2, 0.25) is 5.84 Å². The van der Waals surface area contributed by atoms with E-state index in [4.69, 9.17) is 0 Å². The Bertz CT molecular complexity index is 1320. The number of amidine groups is 1. The standard InChI is InChI=1S/C21H16N8O3S/c30-19(13-33-21-23-17-8-1-2-9-18(17)24-21)26-28-20(14-5-4-10-22-12-14)27-25-15-6-3-7-16(11-15)29(31)32/h1-12H,13H2,(H,23,24)(H,26,30)/b27-25?,28-20+. The monoisotopic (exact) mass is 460 g/mol. The summed E-state index contributed by atoms with van der Waals surface area (Å²) >= 11 is 1.24. The number of hydrogen-bond acceptors (Lipinski definition) is 8. The van der Waals surface area contributed by atoms with Gasteiger partial charge in [0.05, 0.1) is 27.4 Å². The van der Waals surface area contributed by atoms with Gasteiger partial charge in [0.15, 0.2) is 5.16 Å².